The van der Waals surface area contributed by atoms with Gasteiger partial charge in [0.05, 0.1) is 0 Å². The Bertz CT molecular complexity index is 617. The van der Waals surface area contributed by atoms with E-state index < -0.39 is 0 Å². The quantitative estimate of drug-likeness (QED) is 0.859. The fourth-order valence-electron chi connectivity index (χ4n) is 2.88. The summed E-state index contributed by atoms with van der Waals surface area (Å²) in [6.07, 6.45) is 1.39. The molecule has 2 rings (SSSR count). The average molecular weight is 345 g/mol. The Hall–Kier alpha value is -2.37. The molecule has 0 atom stereocenters. The molecule has 0 aromatic heterocycles. The average Bonchev–Trinajstić information content (AvgIpc) is 2.59. The molecule has 1 heterocycles. The summed E-state index contributed by atoms with van der Waals surface area (Å²) >= 11 is 0. The van der Waals surface area contributed by atoms with Gasteiger partial charge in [-0.2, -0.15) is 0 Å². The van der Waals surface area contributed by atoms with Crippen LogP contribution < -0.4 is 10.6 Å². The molecule has 2 N–H and O–H groups in total. The van der Waals surface area contributed by atoms with Gasteiger partial charge in [-0.05, 0) is 43.0 Å². The second kappa shape index (κ2) is 8.65. The first-order valence-electron chi connectivity index (χ1n) is 8.81. The molecular formula is C19H27N3O3. The Morgan fingerprint density at radius 3 is 2.24 bits per heavy atom. The van der Waals surface area contributed by atoms with Gasteiger partial charge in [-0.1, -0.05) is 13.8 Å². The van der Waals surface area contributed by atoms with Crippen molar-refractivity contribution in [1.29, 1.82) is 0 Å². The van der Waals surface area contributed by atoms with Gasteiger partial charge < -0.3 is 15.5 Å². The van der Waals surface area contributed by atoms with Gasteiger partial charge in [-0.15, -0.1) is 0 Å². The lowest BCUT2D eigenvalue weighted by Gasteiger charge is -2.31. The number of amides is 3. The van der Waals surface area contributed by atoms with Crippen LogP contribution in [0.25, 0.3) is 0 Å². The van der Waals surface area contributed by atoms with Crippen LogP contribution in [-0.2, 0) is 9.59 Å². The first-order chi connectivity index (χ1) is 11.9. The molecule has 0 unspecified atom stereocenters. The number of hydrogen-bond donors (Lipinski definition) is 2. The van der Waals surface area contributed by atoms with Gasteiger partial charge >= 0.3 is 0 Å². The number of anilines is 1. The molecule has 0 spiro atoms. The van der Waals surface area contributed by atoms with Gasteiger partial charge in [0.1, 0.15) is 0 Å². The highest BCUT2D eigenvalue weighted by Crippen LogP contribution is 2.20. The molecule has 25 heavy (non-hydrogen) atoms. The molecule has 6 nitrogen and oxygen atoms in total. The van der Waals surface area contributed by atoms with Crippen LogP contribution in [0.5, 0.6) is 0 Å². The van der Waals surface area contributed by atoms with Crippen LogP contribution in [0.2, 0.25) is 0 Å². The molecular weight excluding hydrogens is 318 g/mol. The Labute approximate surface area is 149 Å². The minimum atomic E-state index is -0.142. The lowest BCUT2D eigenvalue weighted by atomic mass is 9.95. The van der Waals surface area contributed by atoms with E-state index >= 15 is 0 Å². The van der Waals surface area contributed by atoms with Gasteiger partial charge in [-0.3, -0.25) is 14.4 Å². The van der Waals surface area contributed by atoms with Crippen LogP contribution in [0.3, 0.4) is 0 Å². The van der Waals surface area contributed by atoms with Gasteiger partial charge in [0, 0.05) is 43.7 Å². The monoisotopic (exact) mass is 345 g/mol. The molecule has 6 heteroatoms. The van der Waals surface area contributed by atoms with Crippen molar-refractivity contribution in [3.8, 4) is 0 Å². The van der Waals surface area contributed by atoms with Crippen LogP contribution >= 0.6 is 0 Å². The number of carbonyl (C=O) groups is 3. The lowest BCUT2D eigenvalue weighted by Crippen LogP contribution is -2.43. The first-order valence-corrected chi connectivity index (χ1v) is 8.81. The second-order valence-corrected chi connectivity index (χ2v) is 6.96. The smallest absolute Gasteiger partial charge is 0.253 e. The van der Waals surface area contributed by atoms with Gasteiger partial charge in [0.2, 0.25) is 11.8 Å². The minimum absolute atomic E-state index is 0.00931. The minimum Gasteiger partial charge on any atom is -0.356 e. The number of nitrogens with one attached hydrogen (secondary N) is 2. The molecule has 0 bridgehead atoms. The number of rotatable bonds is 5. The summed E-state index contributed by atoms with van der Waals surface area (Å²) in [5.74, 6) is 0.351. The van der Waals surface area contributed by atoms with Crippen molar-refractivity contribution >= 4 is 23.4 Å². The fraction of sp³-hybridized carbons (Fsp3) is 0.526. The summed E-state index contributed by atoms with van der Waals surface area (Å²) in [6.45, 7) is 7.45. The summed E-state index contributed by atoms with van der Waals surface area (Å²) in [7, 11) is 0. The van der Waals surface area contributed by atoms with Crippen LogP contribution in [0, 0.1) is 11.8 Å². The zero-order chi connectivity index (χ0) is 18.4. The van der Waals surface area contributed by atoms with E-state index in [2.05, 4.69) is 24.5 Å². The predicted octanol–water partition coefficient (Wildman–Crippen LogP) is 2.27. The number of piperidine rings is 1. The maximum atomic E-state index is 12.6. The van der Waals surface area contributed by atoms with E-state index in [0.29, 0.717) is 49.6 Å². The first kappa shape index (κ1) is 19.0. The van der Waals surface area contributed by atoms with Gasteiger partial charge in [0.25, 0.3) is 5.91 Å². The van der Waals surface area contributed by atoms with Crippen molar-refractivity contribution in [2.75, 3.05) is 25.0 Å². The van der Waals surface area contributed by atoms with Crippen molar-refractivity contribution in [3.63, 3.8) is 0 Å². The molecule has 1 saturated heterocycles. The van der Waals surface area contributed by atoms with E-state index in [9.17, 15) is 14.4 Å². The molecule has 3 amide bonds. The maximum Gasteiger partial charge on any atom is 0.253 e. The van der Waals surface area contributed by atoms with E-state index in [-0.39, 0.29) is 23.6 Å². The van der Waals surface area contributed by atoms with Crippen molar-refractivity contribution < 1.29 is 14.4 Å². The molecule has 1 aliphatic rings. The Kier molecular flexibility index (Phi) is 6.56. The molecule has 1 aliphatic heterocycles. The van der Waals surface area contributed by atoms with Crippen molar-refractivity contribution in [3.05, 3.63) is 29.8 Å². The lowest BCUT2D eigenvalue weighted by molar-refractivity contribution is -0.126. The molecule has 136 valence electrons. The molecule has 1 fully saturated rings. The molecule has 1 aromatic rings. The topological polar surface area (TPSA) is 78.5 Å². The van der Waals surface area contributed by atoms with E-state index in [0.717, 1.165) is 0 Å². The van der Waals surface area contributed by atoms with E-state index in [1.54, 1.807) is 29.2 Å². The van der Waals surface area contributed by atoms with Crippen LogP contribution in [0.4, 0.5) is 5.69 Å². The summed E-state index contributed by atoms with van der Waals surface area (Å²) < 4.78 is 0. The van der Waals surface area contributed by atoms with Crippen LogP contribution in [-0.4, -0.2) is 42.3 Å². The van der Waals surface area contributed by atoms with Crippen molar-refractivity contribution in [1.82, 2.24) is 10.2 Å². The van der Waals surface area contributed by atoms with Crippen LogP contribution in [0.1, 0.15) is 44.0 Å². The van der Waals surface area contributed by atoms with Crippen molar-refractivity contribution in [2.24, 2.45) is 11.8 Å². The number of carbonyl (C=O) groups excluding carboxylic acids is 3. The highest BCUT2D eigenvalue weighted by molar-refractivity contribution is 5.95. The molecule has 0 aliphatic carbocycles. The highest BCUT2D eigenvalue weighted by atomic mass is 16.2. The van der Waals surface area contributed by atoms with Gasteiger partial charge in [0.15, 0.2) is 0 Å². The molecule has 0 radical (unpaired) electrons. The van der Waals surface area contributed by atoms with Gasteiger partial charge in [-0.25, -0.2) is 0 Å². The third kappa shape index (κ3) is 5.59. The Balaban J connectivity index is 1.86. The fourth-order valence-corrected chi connectivity index (χ4v) is 2.88. The summed E-state index contributed by atoms with van der Waals surface area (Å²) in [5, 5.41) is 5.65. The number of benzene rings is 1. The summed E-state index contributed by atoms with van der Waals surface area (Å²) in [5.41, 5.74) is 1.27. The van der Waals surface area contributed by atoms with E-state index in [4.69, 9.17) is 0 Å². The van der Waals surface area contributed by atoms with Crippen LogP contribution in [0.15, 0.2) is 24.3 Å². The number of likely N-dealkylation sites (tertiary alicyclic amines) is 1. The SMILES string of the molecule is CC(=O)Nc1ccc(C(=O)N2CCC(C(=O)NCC(C)C)CC2)cc1. The summed E-state index contributed by atoms with van der Waals surface area (Å²) in [4.78, 5) is 37.5. The normalized spacial score (nSPS) is 15.1. The zero-order valence-electron chi connectivity index (χ0n) is 15.2. The predicted molar refractivity (Wildman–Crippen MR) is 97.2 cm³/mol. The standard InChI is InChI=1S/C19H27N3O3/c1-13(2)12-20-18(24)15-8-10-22(11-9-15)19(25)16-4-6-17(7-5-16)21-14(3)23/h4-7,13,15H,8-12H2,1-3H3,(H,20,24)(H,21,23). The number of hydrogen-bond acceptors (Lipinski definition) is 3. The highest BCUT2D eigenvalue weighted by Gasteiger charge is 2.27. The third-order valence-corrected chi connectivity index (χ3v) is 4.29. The van der Waals surface area contributed by atoms with E-state index in [1.165, 1.54) is 6.92 Å². The number of nitrogens with zero attached hydrogens (tertiary/aromatic N) is 1. The summed E-state index contributed by atoms with van der Waals surface area (Å²) in [6, 6.07) is 6.88. The largest absolute Gasteiger partial charge is 0.356 e. The Morgan fingerprint density at radius 2 is 1.72 bits per heavy atom. The Morgan fingerprint density at radius 1 is 1.12 bits per heavy atom. The molecule has 1 aromatic carbocycles. The third-order valence-electron chi connectivity index (χ3n) is 4.29. The maximum absolute atomic E-state index is 12.6. The molecule has 0 saturated carbocycles. The van der Waals surface area contributed by atoms with E-state index in [1.807, 2.05) is 0 Å². The second-order valence-electron chi connectivity index (χ2n) is 6.96. The zero-order valence-corrected chi connectivity index (χ0v) is 15.2. The van der Waals surface area contributed by atoms with Crippen molar-refractivity contribution in [2.45, 2.75) is 33.6 Å².